The van der Waals surface area contributed by atoms with Crippen molar-refractivity contribution in [2.75, 3.05) is 24.5 Å². The molecular weight excluding hydrogens is 513 g/mol. The van der Waals surface area contributed by atoms with Crippen LogP contribution in [0.15, 0.2) is 54.9 Å². The van der Waals surface area contributed by atoms with Gasteiger partial charge in [-0.2, -0.15) is 13.2 Å². The number of anilines is 1. The highest BCUT2D eigenvalue weighted by molar-refractivity contribution is 5.95. The van der Waals surface area contributed by atoms with Gasteiger partial charge in [-0.15, -0.1) is 0 Å². The van der Waals surface area contributed by atoms with Crippen molar-refractivity contribution in [3.63, 3.8) is 0 Å². The van der Waals surface area contributed by atoms with E-state index < -0.39 is 12.1 Å². The molecule has 0 bridgehead atoms. The number of aryl methyl sites for hydroxylation is 1. The van der Waals surface area contributed by atoms with Crippen LogP contribution in [0, 0.1) is 12.8 Å². The lowest BCUT2D eigenvalue weighted by atomic mass is 9.88. The molecule has 0 saturated carbocycles. The summed E-state index contributed by atoms with van der Waals surface area (Å²) in [5.41, 5.74) is 3.32. The Morgan fingerprint density at radius 1 is 1.15 bits per heavy atom. The van der Waals surface area contributed by atoms with Crippen LogP contribution in [0.4, 0.5) is 18.9 Å². The quantitative estimate of drug-likeness (QED) is 0.473. The molecule has 1 amide bonds. The molecule has 1 spiro atoms. The number of pyridine rings is 1. The fraction of sp³-hybridized carbons (Fsp3) is 0.393. The molecule has 2 aliphatic heterocycles. The van der Waals surface area contributed by atoms with E-state index in [0.717, 1.165) is 36.5 Å². The number of amides is 1. The number of likely N-dealkylation sites (tertiary alicyclic amines) is 1. The number of hydrogen-bond acceptors (Lipinski definition) is 5. The summed E-state index contributed by atoms with van der Waals surface area (Å²) < 4.78 is 33.9. The zero-order valence-electron chi connectivity index (χ0n) is 21.9. The third-order valence-electron chi connectivity index (χ3n) is 7.19. The summed E-state index contributed by atoms with van der Waals surface area (Å²) in [4.78, 5) is 31.4. The molecular formula is C28H31F3N4O4. The molecule has 4 heterocycles. The van der Waals surface area contributed by atoms with E-state index in [-0.39, 0.29) is 17.2 Å². The van der Waals surface area contributed by atoms with Crippen molar-refractivity contribution in [1.29, 1.82) is 0 Å². The number of benzene rings is 1. The van der Waals surface area contributed by atoms with Crippen LogP contribution in [0.5, 0.6) is 5.75 Å². The predicted octanol–water partition coefficient (Wildman–Crippen LogP) is 5.13. The largest absolute Gasteiger partial charge is 0.508 e. The standard InChI is InChI=1S/C26H30N4O2.C2HF3O2/c1-18(2)10-14-30-21-6-4-12-27-24(21)29-13-5-7-23(29)26(30)11-15-28(17-26)25(32)20-9-8-19(3)22(31)16-20;3-2(4,5)1(6)7/h4-9,12-13,16,18,31H,10-11,14-15,17H2,1-3H3;(H,6,7). The molecule has 8 nitrogen and oxygen atoms in total. The van der Waals surface area contributed by atoms with Crippen LogP contribution in [0.1, 0.15) is 48.3 Å². The Morgan fingerprint density at radius 2 is 1.87 bits per heavy atom. The Morgan fingerprint density at radius 3 is 2.51 bits per heavy atom. The van der Waals surface area contributed by atoms with Crippen LogP contribution in [0.25, 0.3) is 5.82 Å². The van der Waals surface area contributed by atoms with Crippen molar-refractivity contribution >= 4 is 17.6 Å². The van der Waals surface area contributed by atoms with Gasteiger partial charge in [-0.05, 0) is 67.6 Å². The number of phenols is 1. The average molecular weight is 545 g/mol. The highest BCUT2D eigenvalue weighted by Gasteiger charge is 2.50. The topological polar surface area (TPSA) is 98.9 Å². The number of alkyl halides is 3. The summed E-state index contributed by atoms with van der Waals surface area (Å²) in [6, 6.07) is 13.6. The minimum atomic E-state index is -5.08. The van der Waals surface area contributed by atoms with Crippen molar-refractivity contribution in [2.45, 2.75) is 45.3 Å². The molecule has 1 aromatic carbocycles. The number of carbonyl (C=O) groups excluding carboxylic acids is 1. The number of phenolic OH excluding ortho intramolecular Hbond substituents is 1. The molecule has 208 valence electrons. The van der Waals surface area contributed by atoms with E-state index in [1.165, 1.54) is 5.69 Å². The zero-order valence-corrected chi connectivity index (χ0v) is 21.9. The zero-order chi connectivity index (χ0) is 28.5. The predicted molar refractivity (Wildman–Crippen MR) is 139 cm³/mol. The minimum Gasteiger partial charge on any atom is -0.508 e. The molecule has 1 fully saturated rings. The van der Waals surface area contributed by atoms with Crippen LogP contribution in [0.3, 0.4) is 0 Å². The van der Waals surface area contributed by atoms with Crippen LogP contribution < -0.4 is 4.90 Å². The maximum atomic E-state index is 13.4. The third kappa shape index (κ3) is 5.43. The Kier molecular flexibility index (Phi) is 7.63. The number of carbonyl (C=O) groups is 2. The molecule has 2 N–H and O–H groups in total. The summed E-state index contributed by atoms with van der Waals surface area (Å²) in [5.74, 6) is -1.09. The summed E-state index contributed by atoms with van der Waals surface area (Å²) in [5, 5.41) is 17.2. The number of rotatable bonds is 4. The first-order chi connectivity index (χ1) is 18.3. The molecule has 1 atom stereocenters. The molecule has 11 heteroatoms. The van der Waals surface area contributed by atoms with Crippen LogP contribution in [0.2, 0.25) is 0 Å². The molecule has 5 rings (SSSR count). The molecule has 0 aliphatic carbocycles. The van der Waals surface area contributed by atoms with Gasteiger partial charge in [-0.3, -0.25) is 4.79 Å². The fourth-order valence-corrected chi connectivity index (χ4v) is 5.14. The van der Waals surface area contributed by atoms with Gasteiger partial charge in [0.2, 0.25) is 0 Å². The molecule has 3 aromatic rings. The van der Waals surface area contributed by atoms with Gasteiger partial charge in [0.05, 0.1) is 11.4 Å². The highest BCUT2D eigenvalue weighted by atomic mass is 19.4. The van der Waals surface area contributed by atoms with E-state index >= 15 is 0 Å². The van der Waals surface area contributed by atoms with Crippen LogP contribution in [-0.2, 0) is 10.3 Å². The number of fused-ring (bicyclic) bond motifs is 4. The lowest BCUT2D eigenvalue weighted by Gasteiger charge is -2.47. The maximum absolute atomic E-state index is 13.4. The summed E-state index contributed by atoms with van der Waals surface area (Å²) in [6.07, 6.45) is 0.754. The first kappa shape index (κ1) is 28.0. The summed E-state index contributed by atoms with van der Waals surface area (Å²) in [7, 11) is 0. The first-order valence-corrected chi connectivity index (χ1v) is 12.6. The Bertz CT molecular complexity index is 1370. The second kappa shape index (κ2) is 10.6. The van der Waals surface area contributed by atoms with Gasteiger partial charge < -0.3 is 24.6 Å². The maximum Gasteiger partial charge on any atom is 0.490 e. The van der Waals surface area contributed by atoms with Gasteiger partial charge >= 0.3 is 12.1 Å². The van der Waals surface area contributed by atoms with Gasteiger partial charge in [0.15, 0.2) is 5.82 Å². The lowest BCUT2D eigenvalue weighted by Crippen LogP contribution is -2.53. The fourth-order valence-electron chi connectivity index (χ4n) is 5.14. The van der Waals surface area contributed by atoms with Gasteiger partial charge in [0.1, 0.15) is 11.3 Å². The Balaban J connectivity index is 0.000000448. The number of nitrogens with zero attached hydrogens (tertiary/aromatic N) is 4. The van der Waals surface area contributed by atoms with E-state index in [1.807, 2.05) is 30.2 Å². The third-order valence-corrected chi connectivity index (χ3v) is 7.19. The SMILES string of the molecule is Cc1ccc(C(=O)N2CCC3(C2)c2cccn2-c2ncccc2N3CCC(C)C)cc1O.O=C(O)C(F)(F)F. The van der Waals surface area contributed by atoms with Gasteiger partial charge in [-0.1, -0.05) is 19.9 Å². The normalized spacial score (nSPS) is 18.0. The van der Waals surface area contributed by atoms with E-state index in [0.29, 0.717) is 24.6 Å². The van der Waals surface area contributed by atoms with Crippen LogP contribution in [-0.4, -0.2) is 62.4 Å². The van der Waals surface area contributed by atoms with Crippen molar-refractivity contribution in [3.05, 3.63) is 71.7 Å². The number of aromatic hydroxyl groups is 1. The summed E-state index contributed by atoms with van der Waals surface area (Å²) >= 11 is 0. The van der Waals surface area contributed by atoms with Gasteiger partial charge in [0.25, 0.3) is 5.91 Å². The smallest absolute Gasteiger partial charge is 0.490 e. The Labute approximate surface area is 224 Å². The van der Waals surface area contributed by atoms with Crippen LogP contribution >= 0.6 is 0 Å². The van der Waals surface area contributed by atoms with Gasteiger partial charge in [0, 0.05) is 37.6 Å². The second-order valence-electron chi connectivity index (χ2n) is 10.3. The molecule has 2 aromatic heterocycles. The van der Waals surface area contributed by atoms with Gasteiger partial charge in [-0.25, -0.2) is 9.78 Å². The number of hydrogen-bond donors (Lipinski definition) is 2. The van der Waals surface area contributed by atoms with E-state index in [1.54, 1.807) is 12.1 Å². The van der Waals surface area contributed by atoms with E-state index in [9.17, 15) is 23.1 Å². The second-order valence-corrected chi connectivity index (χ2v) is 10.3. The molecule has 39 heavy (non-hydrogen) atoms. The average Bonchev–Trinajstić information content (AvgIpc) is 3.54. The molecule has 2 aliphatic rings. The van der Waals surface area contributed by atoms with E-state index in [4.69, 9.17) is 14.9 Å². The monoisotopic (exact) mass is 544 g/mol. The van der Waals surface area contributed by atoms with Crippen molar-refractivity contribution < 1.29 is 33.0 Å². The molecule has 0 radical (unpaired) electrons. The number of carboxylic acids is 1. The number of aromatic nitrogens is 2. The highest BCUT2D eigenvalue weighted by Crippen LogP contribution is 2.47. The lowest BCUT2D eigenvalue weighted by molar-refractivity contribution is -0.192. The molecule has 1 saturated heterocycles. The van der Waals surface area contributed by atoms with Crippen molar-refractivity contribution in [3.8, 4) is 11.6 Å². The van der Waals surface area contributed by atoms with Crippen molar-refractivity contribution in [1.82, 2.24) is 14.5 Å². The summed E-state index contributed by atoms with van der Waals surface area (Å²) in [6.45, 7) is 8.52. The first-order valence-electron chi connectivity index (χ1n) is 12.6. The molecule has 1 unspecified atom stereocenters. The Hall–Kier alpha value is -4.02. The number of carboxylic acid groups (broad SMARTS) is 1. The minimum absolute atomic E-state index is 0.0314. The van der Waals surface area contributed by atoms with E-state index in [2.05, 4.69) is 47.7 Å². The number of halogens is 3. The number of aliphatic carboxylic acids is 1. The van der Waals surface area contributed by atoms with Crippen molar-refractivity contribution in [2.24, 2.45) is 5.92 Å².